The van der Waals surface area contributed by atoms with E-state index in [1.807, 2.05) is 24.3 Å². The summed E-state index contributed by atoms with van der Waals surface area (Å²) in [6.45, 7) is 4.93. The van der Waals surface area contributed by atoms with E-state index < -0.39 is 12.0 Å². The first-order valence-corrected chi connectivity index (χ1v) is 8.65. The highest BCUT2D eigenvalue weighted by atomic mass is 35.5. The number of carboxylic acid groups (broad SMARTS) is 1. The molecular weight excluding hydrogens is 322 g/mol. The van der Waals surface area contributed by atoms with Crippen LogP contribution < -0.4 is 0 Å². The number of carboxylic acids is 1. The fraction of sp³-hybridized carbons (Fsp3) is 0.350. The molecule has 4 heteroatoms. The van der Waals surface area contributed by atoms with Crippen LogP contribution in [0.4, 0.5) is 0 Å². The van der Waals surface area contributed by atoms with Crippen LogP contribution in [-0.2, 0) is 4.79 Å². The van der Waals surface area contributed by atoms with E-state index in [1.54, 1.807) is 0 Å². The first kappa shape index (κ1) is 17.0. The Morgan fingerprint density at radius 3 is 2.50 bits per heavy atom. The van der Waals surface area contributed by atoms with Gasteiger partial charge in [-0.15, -0.1) is 0 Å². The molecule has 24 heavy (non-hydrogen) atoms. The van der Waals surface area contributed by atoms with Gasteiger partial charge in [-0.1, -0.05) is 53.1 Å². The summed E-state index contributed by atoms with van der Waals surface area (Å²) in [6.07, 6.45) is 1.59. The molecule has 126 valence electrons. The lowest BCUT2D eigenvalue weighted by Crippen LogP contribution is -2.39. The number of hydrogen-bond donors (Lipinski definition) is 1. The normalized spacial score (nSPS) is 19.4. The van der Waals surface area contributed by atoms with Crippen LogP contribution in [0.1, 0.15) is 41.1 Å². The van der Waals surface area contributed by atoms with Gasteiger partial charge >= 0.3 is 5.97 Å². The molecule has 1 N–H and O–H groups in total. The fourth-order valence-electron chi connectivity index (χ4n) is 3.78. The number of nitrogens with zero attached hydrogens (tertiary/aromatic N) is 1. The molecule has 3 rings (SSSR count). The summed E-state index contributed by atoms with van der Waals surface area (Å²) in [5, 5.41) is 10.3. The summed E-state index contributed by atoms with van der Waals surface area (Å²) >= 11 is 6.21. The highest BCUT2D eigenvalue weighted by molar-refractivity contribution is 6.30. The van der Waals surface area contributed by atoms with Crippen molar-refractivity contribution in [2.75, 3.05) is 6.54 Å². The maximum Gasteiger partial charge on any atom is 0.320 e. The highest BCUT2D eigenvalue weighted by Gasteiger charge is 2.36. The lowest BCUT2D eigenvalue weighted by molar-refractivity contribution is -0.142. The molecule has 2 atom stereocenters. The van der Waals surface area contributed by atoms with Crippen molar-refractivity contribution in [1.29, 1.82) is 0 Å². The van der Waals surface area contributed by atoms with E-state index in [1.165, 1.54) is 11.1 Å². The molecule has 1 aliphatic rings. The molecule has 1 saturated heterocycles. The van der Waals surface area contributed by atoms with Crippen LogP contribution in [0.15, 0.2) is 42.5 Å². The van der Waals surface area contributed by atoms with Gasteiger partial charge in [0.2, 0.25) is 0 Å². The van der Waals surface area contributed by atoms with Crippen molar-refractivity contribution in [1.82, 2.24) is 4.90 Å². The van der Waals surface area contributed by atoms with Gasteiger partial charge in [0, 0.05) is 11.6 Å². The minimum absolute atomic E-state index is 0.0918. The van der Waals surface area contributed by atoms with Crippen LogP contribution in [-0.4, -0.2) is 28.6 Å². The molecule has 2 aromatic rings. The van der Waals surface area contributed by atoms with Crippen molar-refractivity contribution in [3.05, 3.63) is 69.7 Å². The maximum absolute atomic E-state index is 11.7. The Hall–Kier alpha value is -1.84. The Morgan fingerprint density at radius 1 is 1.17 bits per heavy atom. The van der Waals surface area contributed by atoms with Crippen molar-refractivity contribution in [2.24, 2.45) is 0 Å². The number of hydrogen-bond acceptors (Lipinski definition) is 2. The first-order chi connectivity index (χ1) is 11.5. The average molecular weight is 344 g/mol. The molecule has 0 spiro atoms. The smallest absolute Gasteiger partial charge is 0.320 e. The molecule has 1 heterocycles. The zero-order chi connectivity index (χ0) is 17.3. The van der Waals surface area contributed by atoms with Crippen LogP contribution in [0.5, 0.6) is 0 Å². The van der Waals surface area contributed by atoms with Gasteiger partial charge in [0.15, 0.2) is 0 Å². The number of carbonyl (C=O) groups is 1. The fourth-order valence-corrected chi connectivity index (χ4v) is 3.98. The van der Waals surface area contributed by atoms with Gasteiger partial charge in [-0.25, -0.2) is 0 Å². The number of aryl methyl sites for hydroxylation is 2. The number of rotatable bonds is 4. The maximum atomic E-state index is 11.7. The summed E-state index contributed by atoms with van der Waals surface area (Å²) < 4.78 is 0. The summed E-state index contributed by atoms with van der Waals surface area (Å²) in [6, 6.07) is 13.7. The lowest BCUT2D eigenvalue weighted by atomic mass is 9.93. The third kappa shape index (κ3) is 3.47. The predicted molar refractivity (Wildman–Crippen MR) is 96.6 cm³/mol. The number of benzene rings is 2. The van der Waals surface area contributed by atoms with Crippen molar-refractivity contribution >= 4 is 17.6 Å². The summed E-state index contributed by atoms with van der Waals surface area (Å²) in [7, 11) is 0. The van der Waals surface area contributed by atoms with Crippen LogP contribution in [0.25, 0.3) is 0 Å². The quantitative estimate of drug-likeness (QED) is 0.882. The highest BCUT2D eigenvalue weighted by Crippen LogP contribution is 2.36. The largest absolute Gasteiger partial charge is 0.480 e. The van der Waals surface area contributed by atoms with Crippen molar-refractivity contribution in [2.45, 2.75) is 38.8 Å². The zero-order valence-electron chi connectivity index (χ0n) is 14.0. The lowest BCUT2D eigenvalue weighted by Gasteiger charge is -2.32. The third-order valence-electron chi connectivity index (χ3n) is 4.64. The van der Waals surface area contributed by atoms with Crippen LogP contribution >= 0.6 is 11.6 Å². The summed E-state index contributed by atoms with van der Waals surface area (Å²) in [5.41, 5.74) is 4.54. The van der Waals surface area contributed by atoms with Crippen molar-refractivity contribution < 1.29 is 9.90 Å². The Kier molecular flexibility index (Phi) is 4.93. The van der Waals surface area contributed by atoms with E-state index in [0.717, 1.165) is 24.1 Å². The zero-order valence-corrected chi connectivity index (χ0v) is 14.8. The van der Waals surface area contributed by atoms with Crippen molar-refractivity contribution in [3.8, 4) is 0 Å². The van der Waals surface area contributed by atoms with Gasteiger partial charge in [-0.3, -0.25) is 9.69 Å². The van der Waals surface area contributed by atoms with E-state index >= 15 is 0 Å². The Labute approximate surface area is 147 Å². The second kappa shape index (κ2) is 6.96. The summed E-state index contributed by atoms with van der Waals surface area (Å²) in [4.78, 5) is 13.8. The molecule has 0 radical (unpaired) electrons. The SMILES string of the molecule is Cc1cc(C)cc(C(c2cccc(Cl)c2)N2CCCC2C(=O)O)c1. The minimum atomic E-state index is -0.746. The van der Waals surface area contributed by atoms with Gasteiger partial charge in [-0.05, 0) is 49.9 Å². The predicted octanol–water partition coefficient (Wildman–Crippen LogP) is 4.60. The van der Waals surface area contributed by atoms with Gasteiger partial charge < -0.3 is 5.11 Å². The van der Waals surface area contributed by atoms with E-state index in [4.69, 9.17) is 11.6 Å². The molecule has 2 unspecified atom stereocenters. The number of aliphatic carboxylic acids is 1. The molecule has 0 bridgehead atoms. The van der Waals surface area contributed by atoms with Crippen LogP contribution in [0, 0.1) is 13.8 Å². The molecule has 0 aliphatic carbocycles. The van der Waals surface area contributed by atoms with Crippen LogP contribution in [0.3, 0.4) is 0 Å². The van der Waals surface area contributed by atoms with Crippen molar-refractivity contribution in [3.63, 3.8) is 0 Å². The first-order valence-electron chi connectivity index (χ1n) is 8.28. The molecule has 1 fully saturated rings. The monoisotopic (exact) mass is 343 g/mol. The topological polar surface area (TPSA) is 40.5 Å². The van der Waals surface area contributed by atoms with Crippen LogP contribution in [0.2, 0.25) is 5.02 Å². The number of likely N-dealkylation sites (tertiary alicyclic amines) is 1. The Balaban J connectivity index is 2.12. The minimum Gasteiger partial charge on any atom is -0.480 e. The molecule has 3 nitrogen and oxygen atoms in total. The van der Waals surface area contributed by atoms with Gasteiger partial charge in [0.1, 0.15) is 6.04 Å². The van der Waals surface area contributed by atoms with Gasteiger partial charge in [-0.2, -0.15) is 0 Å². The molecule has 1 aliphatic heterocycles. The molecule has 2 aromatic carbocycles. The van der Waals surface area contributed by atoms with E-state index in [-0.39, 0.29) is 6.04 Å². The second-order valence-electron chi connectivity index (χ2n) is 6.61. The molecule has 0 aromatic heterocycles. The number of halogens is 1. The summed E-state index contributed by atoms with van der Waals surface area (Å²) in [5.74, 6) is -0.746. The van der Waals surface area contributed by atoms with E-state index in [2.05, 4.69) is 36.9 Å². The Morgan fingerprint density at radius 2 is 1.88 bits per heavy atom. The Bertz CT molecular complexity index is 739. The van der Waals surface area contributed by atoms with Gasteiger partial charge in [0.05, 0.1) is 6.04 Å². The standard InChI is InChI=1S/C20H22ClNO2/c1-13-9-14(2)11-16(10-13)19(15-5-3-6-17(21)12-15)22-8-4-7-18(22)20(23)24/h3,5-6,9-12,18-19H,4,7-8H2,1-2H3,(H,23,24). The molecule has 0 amide bonds. The second-order valence-corrected chi connectivity index (χ2v) is 7.05. The van der Waals surface area contributed by atoms with E-state index in [9.17, 15) is 9.90 Å². The molecular formula is C20H22ClNO2. The third-order valence-corrected chi connectivity index (χ3v) is 4.87. The average Bonchev–Trinajstić information content (AvgIpc) is 2.96. The van der Waals surface area contributed by atoms with Gasteiger partial charge in [0.25, 0.3) is 0 Å². The molecule has 0 saturated carbocycles. The van der Waals surface area contributed by atoms with E-state index in [0.29, 0.717) is 11.4 Å².